The smallest absolute Gasteiger partial charge is 0.146 e. The molecule has 0 bridgehead atoms. The number of aromatic nitrogens is 2. The Labute approximate surface area is 85.2 Å². The Morgan fingerprint density at radius 2 is 1.50 bits per heavy atom. The number of hydrogen-bond donors (Lipinski definition) is 2. The number of hydrogen-bond acceptors (Lipinski definition) is 4. The third kappa shape index (κ3) is 3.60. The van der Waals surface area contributed by atoms with E-state index >= 15 is 0 Å². The first-order valence-corrected chi connectivity index (χ1v) is 5.16. The first-order valence-electron chi connectivity index (χ1n) is 5.16. The van der Waals surface area contributed by atoms with Gasteiger partial charge in [-0.05, 0) is 12.8 Å². The van der Waals surface area contributed by atoms with E-state index in [4.69, 9.17) is 0 Å². The molecule has 1 heterocycles. The van der Waals surface area contributed by atoms with Crippen molar-refractivity contribution < 1.29 is 0 Å². The van der Waals surface area contributed by atoms with Crippen molar-refractivity contribution >= 4 is 11.6 Å². The second-order valence-electron chi connectivity index (χ2n) is 3.14. The quantitative estimate of drug-likeness (QED) is 0.728. The largest absolute Gasteiger partial charge is 0.369 e. The van der Waals surface area contributed by atoms with Gasteiger partial charge in [-0.15, -0.1) is 0 Å². The molecule has 0 aliphatic carbocycles. The molecule has 0 saturated carbocycles. The summed E-state index contributed by atoms with van der Waals surface area (Å²) < 4.78 is 0. The maximum atomic E-state index is 4.36. The average molecular weight is 194 g/mol. The zero-order chi connectivity index (χ0) is 10.2. The highest BCUT2D eigenvalue weighted by Crippen LogP contribution is 2.06. The van der Waals surface area contributed by atoms with E-state index in [9.17, 15) is 0 Å². The van der Waals surface area contributed by atoms with E-state index in [1.165, 1.54) is 0 Å². The summed E-state index contributed by atoms with van der Waals surface area (Å²) in [6.07, 6.45) is 5.67. The van der Waals surface area contributed by atoms with Crippen molar-refractivity contribution in [3.8, 4) is 0 Å². The maximum Gasteiger partial charge on any atom is 0.146 e. The first-order chi connectivity index (χ1) is 6.86. The van der Waals surface area contributed by atoms with Crippen LogP contribution in [0.1, 0.15) is 26.7 Å². The second-order valence-corrected chi connectivity index (χ2v) is 3.14. The van der Waals surface area contributed by atoms with Gasteiger partial charge in [0.05, 0.1) is 12.4 Å². The highest BCUT2D eigenvalue weighted by molar-refractivity contribution is 5.41. The van der Waals surface area contributed by atoms with Crippen molar-refractivity contribution in [2.75, 3.05) is 23.7 Å². The Hall–Kier alpha value is -1.32. The van der Waals surface area contributed by atoms with Crippen LogP contribution in [-0.4, -0.2) is 23.1 Å². The van der Waals surface area contributed by atoms with Gasteiger partial charge >= 0.3 is 0 Å². The van der Waals surface area contributed by atoms with Crippen molar-refractivity contribution in [1.29, 1.82) is 0 Å². The zero-order valence-electron chi connectivity index (χ0n) is 8.88. The molecule has 78 valence electrons. The topological polar surface area (TPSA) is 49.8 Å². The van der Waals surface area contributed by atoms with Gasteiger partial charge < -0.3 is 10.6 Å². The molecule has 0 fully saturated rings. The lowest BCUT2D eigenvalue weighted by Crippen LogP contribution is -2.06. The van der Waals surface area contributed by atoms with Crippen molar-refractivity contribution in [2.45, 2.75) is 26.7 Å². The van der Waals surface area contributed by atoms with Crippen LogP contribution in [0.3, 0.4) is 0 Å². The summed E-state index contributed by atoms with van der Waals surface area (Å²) in [5.41, 5.74) is 0. The van der Waals surface area contributed by atoms with Crippen LogP contribution in [0.2, 0.25) is 0 Å². The van der Waals surface area contributed by atoms with Crippen LogP contribution < -0.4 is 10.6 Å². The predicted octanol–water partition coefficient (Wildman–Crippen LogP) is 2.12. The summed E-state index contributed by atoms with van der Waals surface area (Å²) in [6.45, 7) is 6.12. The lowest BCUT2D eigenvalue weighted by molar-refractivity contribution is 0.949. The van der Waals surface area contributed by atoms with Crippen LogP contribution >= 0.6 is 0 Å². The fourth-order valence-electron chi connectivity index (χ4n) is 1.04. The summed E-state index contributed by atoms with van der Waals surface area (Å²) in [6, 6.07) is 0. The van der Waals surface area contributed by atoms with Crippen LogP contribution in [0, 0.1) is 0 Å². The van der Waals surface area contributed by atoms with Gasteiger partial charge in [-0.1, -0.05) is 13.8 Å². The van der Waals surface area contributed by atoms with Gasteiger partial charge in [0.25, 0.3) is 0 Å². The molecule has 0 radical (unpaired) electrons. The van der Waals surface area contributed by atoms with Gasteiger partial charge in [-0.25, -0.2) is 4.98 Å². The minimum absolute atomic E-state index is 0.841. The molecule has 0 saturated heterocycles. The molecule has 4 heteroatoms. The Bertz CT molecular complexity index is 239. The second kappa shape index (κ2) is 6.18. The molecule has 14 heavy (non-hydrogen) atoms. The van der Waals surface area contributed by atoms with E-state index in [1.54, 1.807) is 12.4 Å². The Morgan fingerprint density at radius 3 is 1.93 bits per heavy atom. The number of nitrogens with one attached hydrogen (secondary N) is 2. The van der Waals surface area contributed by atoms with Gasteiger partial charge in [0, 0.05) is 13.1 Å². The Morgan fingerprint density at radius 1 is 1.00 bits per heavy atom. The number of anilines is 2. The molecular weight excluding hydrogens is 176 g/mol. The lowest BCUT2D eigenvalue weighted by Gasteiger charge is -2.06. The molecule has 4 nitrogen and oxygen atoms in total. The summed E-state index contributed by atoms with van der Waals surface area (Å²) in [5, 5.41) is 6.40. The molecule has 0 aliphatic heterocycles. The summed E-state index contributed by atoms with van der Waals surface area (Å²) in [7, 11) is 0. The minimum atomic E-state index is 0.841. The minimum Gasteiger partial charge on any atom is -0.369 e. The van der Waals surface area contributed by atoms with Gasteiger partial charge in [0.1, 0.15) is 11.6 Å². The third-order valence-electron chi connectivity index (χ3n) is 1.75. The molecule has 2 N–H and O–H groups in total. The highest BCUT2D eigenvalue weighted by atomic mass is 15.1. The van der Waals surface area contributed by atoms with Gasteiger partial charge in [0.2, 0.25) is 0 Å². The molecule has 1 aromatic heterocycles. The van der Waals surface area contributed by atoms with Crippen LogP contribution in [0.4, 0.5) is 11.6 Å². The number of nitrogens with zero attached hydrogens (tertiary/aromatic N) is 2. The Balaban J connectivity index is 2.50. The SMILES string of the molecule is CCCNc1cncc(NCCC)n1. The van der Waals surface area contributed by atoms with Gasteiger partial charge in [-0.3, -0.25) is 4.98 Å². The molecule has 0 aliphatic rings. The predicted molar refractivity (Wildman–Crippen MR) is 59.6 cm³/mol. The van der Waals surface area contributed by atoms with Crippen LogP contribution in [0.25, 0.3) is 0 Å². The standard InChI is InChI=1S/C10H18N4/c1-3-5-12-9-7-11-8-10(14-9)13-6-4-2/h7-8H,3-6H2,1-2H3,(H2,12,13,14). The molecule has 0 unspecified atom stereocenters. The van der Waals surface area contributed by atoms with Crippen molar-refractivity contribution in [3.05, 3.63) is 12.4 Å². The van der Waals surface area contributed by atoms with Crippen LogP contribution in [0.5, 0.6) is 0 Å². The van der Waals surface area contributed by atoms with E-state index in [1.807, 2.05) is 0 Å². The van der Waals surface area contributed by atoms with Crippen molar-refractivity contribution in [3.63, 3.8) is 0 Å². The van der Waals surface area contributed by atoms with Crippen LogP contribution in [0.15, 0.2) is 12.4 Å². The average Bonchev–Trinajstić information content (AvgIpc) is 2.24. The van der Waals surface area contributed by atoms with E-state index in [0.717, 1.165) is 37.6 Å². The first kappa shape index (κ1) is 10.8. The lowest BCUT2D eigenvalue weighted by atomic mass is 10.4. The highest BCUT2D eigenvalue weighted by Gasteiger charge is 1.95. The van der Waals surface area contributed by atoms with Crippen molar-refractivity contribution in [2.24, 2.45) is 0 Å². The van der Waals surface area contributed by atoms with E-state index in [2.05, 4.69) is 34.4 Å². The van der Waals surface area contributed by atoms with Crippen LogP contribution in [-0.2, 0) is 0 Å². The molecule has 1 rings (SSSR count). The number of rotatable bonds is 6. The monoisotopic (exact) mass is 194 g/mol. The fourth-order valence-corrected chi connectivity index (χ4v) is 1.04. The van der Waals surface area contributed by atoms with E-state index in [0.29, 0.717) is 0 Å². The summed E-state index contributed by atoms with van der Waals surface area (Å²) in [4.78, 5) is 8.47. The molecule has 1 aromatic rings. The fraction of sp³-hybridized carbons (Fsp3) is 0.600. The zero-order valence-corrected chi connectivity index (χ0v) is 8.88. The summed E-state index contributed by atoms with van der Waals surface area (Å²) in [5.74, 6) is 1.68. The molecule has 0 aromatic carbocycles. The third-order valence-corrected chi connectivity index (χ3v) is 1.75. The van der Waals surface area contributed by atoms with Gasteiger partial charge in [-0.2, -0.15) is 0 Å². The Kier molecular flexibility index (Phi) is 4.75. The normalized spacial score (nSPS) is 9.86. The molecular formula is C10H18N4. The summed E-state index contributed by atoms with van der Waals surface area (Å²) >= 11 is 0. The molecule has 0 atom stereocenters. The van der Waals surface area contributed by atoms with E-state index < -0.39 is 0 Å². The molecule has 0 amide bonds. The van der Waals surface area contributed by atoms with E-state index in [-0.39, 0.29) is 0 Å². The maximum absolute atomic E-state index is 4.36. The van der Waals surface area contributed by atoms with Crippen molar-refractivity contribution in [1.82, 2.24) is 9.97 Å². The molecule has 0 spiro atoms. The van der Waals surface area contributed by atoms with Gasteiger partial charge in [0.15, 0.2) is 0 Å².